The molecular weight excluding hydrogens is 494 g/mol. The highest BCUT2D eigenvalue weighted by atomic mass is 16.6. The fraction of sp³-hybridized carbons (Fsp3) is 0.240. The van der Waals surface area contributed by atoms with Gasteiger partial charge in [0.25, 0.3) is 17.3 Å². The summed E-state index contributed by atoms with van der Waals surface area (Å²) in [6, 6.07) is 13.6. The van der Waals surface area contributed by atoms with E-state index in [2.05, 4.69) is 10.2 Å². The minimum Gasteiger partial charge on any atom is -0.399 e. The number of rotatable bonds is 6. The molecule has 0 aromatic heterocycles. The number of nitrogen functional groups attached to an aromatic ring is 3. The number of anilines is 5. The van der Waals surface area contributed by atoms with Gasteiger partial charge in [-0.1, -0.05) is 0 Å². The van der Waals surface area contributed by atoms with Crippen LogP contribution in [0.1, 0.15) is 35.2 Å². The molecule has 13 nitrogen and oxygen atoms in total. The monoisotopic (exact) mass is 523 g/mol. The van der Waals surface area contributed by atoms with E-state index in [0.29, 0.717) is 16.8 Å². The number of hydrogen-bond donors (Lipinski definition) is 5. The van der Waals surface area contributed by atoms with E-state index in [1.165, 1.54) is 42.8 Å². The Hall–Kier alpha value is -4.91. The highest BCUT2D eigenvalue weighted by molar-refractivity contribution is 6.05. The molecule has 1 fully saturated rings. The summed E-state index contributed by atoms with van der Waals surface area (Å²) in [5.41, 5.74) is 18.3. The molecule has 1 aliphatic heterocycles. The summed E-state index contributed by atoms with van der Waals surface area (Å²) in [6.07, 6.45) is 3.48. The maximum absolute atomic E-state index is 12.6. The lowest BCUT2D eigenvalue weighted by Gasteiger charge is -2.29. The quantitative estimate of drug-likeness (QED) is 0.179. The molecule has 0 atom stereocenters. The van der Waals surface area contributed by atoms with Crippen LogP contribution in [0.25, 0.3) is 0 Å². The fourth-order valence-electron chi connectivity index (χ4n) is 3.98. The van der Waals surface area contributed by atoms with Crippen LogP contribution in [0.4, 0.5) is 39.8 Å². The van der Waals surface area contributed by atoms with E-state index in [0.717, 1.165) is 31.6 Å². The highest BCUT2D eigenvalue weighted by Gasteiger charge is 2.18. The number of nitrogens with zero attached hydrogens (tertiary/aromatic N) is 3. The second kappa shape index (κ2) is 12.4. The van der Waals surface area contributed by atoms with Gasteiger partial charge < -0.3 is 32.5 Å². The summed E-state index contributed by atoms with van der Waals surface area (Å²) >= 11 is 0. The zero-order valence-corrected chi connectivity index (χ0v) is 20.5. The number of carbonyl (C=O) groups is 1. The van der Waals surface area contributed by atoms with E-state index in [9.17, 15) is 30.1 Å². The van der Waals surface area contributed by atoms with Crippen molar-refractivity contribution in [2.24, 2.45) is 0 Å². The van der Waals surface area contributed by atoms with Gasteiger partial charge in [0.05, 0.1) is 16.5 Å². The molecule has 8 N–H and O–H groups in total. The van der Waals surface area contributed by atoms with Gasteiger partial charge in [0.1, 0.15) is 11.4 Å². The van der Waals surface area contributed by atoms with Gasteiger partial charge in [-0.2, -0.15) is 0 Å². The molecule has 0 spiro atoms. The number of nitro benzene ring substituents is 2. The van der Waals surface area contributed by atoms with Crippen LogP contribution in [0.2, 0.25) is 0 Å². The second-order valence-electron chi connectivity index (χ2n) is 8.61. The lowest BCUT2D eigenvalue weighted by molar-refractivity contribution is -0.384. The molecule has 3 aromatic carbocycles. The first-order valence-corrected chi connectivity index (χ1v) is 11.7. The molecule has 0 aliphatic carbocycles. The first kappa shape index (κ1) is 27.7. The first-order valence-electron chi connectivity index (χ1n) is 11.7. The van der Waals surface area contributed by atoms with Crippen molar-refractivity contribution < 1.29 is 19.7 Å². The van der Waals surface area contributed by atoms with Gasteiger partial charge in [0.2, 0.25) is 0 Å². The molecule has 3 aromatic rings. The van der Waals surface area contributed by atoms with Crippen LogP contribution < -0.4 is 27.4 Å². The van der Waals surface area contributed by atoms with Crippen molar-refractivity contribution in [2.45, 2.75) is 25.9 Å². The number of piperidine rings is 1. The van der Waals surface area contributed by atoms with Crippen LogP contribution in [0, 0.1) is 20.2 Å². The first-order chi connectivity index (χ1) is 18.1. The molecule has 13 heteroatoms. The third-order valence-corrected chi connectivity index (χ3v) is 5.96. The van der Waals surface area contributed by atoms with Crippen molar-refractivity contribution in [2.75, 3.05) is 40.5 Å². The van der Waals surface area contributed by atoms with Gasteiger partial charge in [-0.3, -0.25) is 25.0 Å². The lowest BCUT2D eigenvalue weighted by Crippen LogP contribution is -2.29. The maximum Gasteiger partial charge on any atom is 0.294 e. The molecule has 0 saturated carbocycles. The van der Waals surface area contributed by atoms with E-state index in [1.54, 1.807) is 6.07 Å². The zero-order valence-electron chi connectivity index (χ0n) is 20.5. The zero-order chi connectivity index (χ0) is 27.8. The lowest BCUT2D eigenvalue weighted by atomic mass is 10.0. The number of amides is 1. The van der Waals surface area contributed by atoms with Crippen molar-refractivity contribution in [3.8, 4) is 0 Å². The summed E-state index contributed by atoms with van der Waals surface area (Å²) in [7, 11) is 0. The van der Waals surface area contributed by atoms with Gasteiger partial charge >= 0.3 is 0 Å². The van der Waals surface area contributed by atoms with Crippen molar-refractivity contribution in [1.29, 1.82) is 0 Å². The Labute approximate surface area is 218 Å². The average Bonchev–Trinajstić information content (AvgIpc) is 2.91. The standard InChI is InChI=1S/C19H22N4O4.C6H7N3O2/c20-17-7-4-14(11-18(17)23(26)27)21-19(25)16-6-5-15(10-13(16)12-24)22-8-2-1-3-9-22;7-4-1-2-5(8)6(3-4)9(10)11/h4-7,10-11,24H,1-3,8-9,12,20H2,(H,21,25);1-3H,7-8H2. The van der Waals surface area contributed by atoms with Gasteiger partial charge in [0.15, 0.2) is 0 Å². The Morgan fingerprint density at radius 2 is 1.47 bits per heavy atom. The smallest absolute Gasteiger partial charge is 0.294 e. The van der Waals surface area contributed by atoms with Crippen molar-refractivity contribution in [3.63, 3.8) is 0 Å². The molecule has 1 amide bonds. The van der Waals surface area contributed by atoms with E-state index in [-0.39, 0.29) is 35.0 Å². The Morgan fingerprint density at radius 3 is 2.05 bits per heavy atom. The van der Waals surface area contributed by atoms with E-state index >= 15 is 0 Å². The highest BCUT2D eigenvalue weighted by Crippen LogP contribution is 2.27. The van der Waals surface area contributed by atoms with Gasteiger partial charge in [-0.15, -0.1) is 0 Å². The predicted molar refractivity (Wildman–Crippen MR) is 146 cm³/mol. The normalized spacial score (nSPS) is 12.7. The number of nitro groups is 2. The number of benzene rings is 3. The summed E-state index contributed by atoms with van der Waals surface area (Å²) in [5, 5.41) is 33.6. The molecule has 0 bridgehead atoms. The fourth-order valence-corrected chi connectivity index (χ4v) is 3.98. The summed E-state index contributed by atoms with van der Waals surface area (Å²) in [5.74, 6) is -0.441. The Balaban J connectivity index is 0.000000304. The third-order valence-electron chi connectivity index (χ3n) is 5.96. The van der Waals surface area contributed by atoms with Crippen LogP contribution in [-0.4, -0.2) is 33.9 Å². The number of aliphatic hydroxyl groups is 1. The number of carbonyl (C=O) groups excluding carboxylic acids is 1. The predicted octanol–water partition coefficient (Wildman–Crippen LogP) is 3.67. The topological polar surface area (TPSA) is 217 Å². The van der Waals surface area contributed by atoms with Gasteiger partial charge in [0, 0.05) is 47.8 Å². The van der Waals surface area contributed by atoms with Crippen LogP contribution in [0.5, 0.6) is 0 Å². The summed E-state index contributed by atoms with van der Waals surface area (Å²) in [4.78, 5) is 34.9. The Morgan fingerprint density at radius 1 is 0.868 bits per heavy atom. The molecule has 1 heterocycles. The summed E-state index contributed by atoms with van der Waals surface area (Å²) < 4.78 is 0. The molecule has 4 rings (SSSR count). The third kappa shape index (κ3) is 6.85. The van der Waals surface area contributed by atoms with Crippen LogP contribution in [-0.2, 0) is 6.61 Å². The molecular formula is C25H29N7O6. The number of hydrogen-bond acceptors (Lipinski definition) is 10. The Bertz CT molecular complexity index is 1340. The second-order valence-corrected chi connectivity index (χ2v) is 8.61. The largest absolute Gasteiger partial charge is 0.399 e. The molecule has 0 radical (unpaired) electrons. The molecule has 200 valence electrons. The number of nitrogens with one attached hydrogen (secondary N) is 1. The van der Waals surface area contributed by atoms with Gasteiger partial charge in [-0.25, -0.2) is 0 Å². The van der Waals surface area contributed by atoms with Crippen LogP contribution >= 0.6 is 0 Å². The number of aliphatic hydroxyl groups excluding tert-OH is 1. The minimum atomic E-state index is -0.600. The maximum atomic E-state index is 12.6. The van der Waals surface area contributed by atoms with E-state index < -0.39 is 15.8 Å². The number of nitrogens with two attached hydrogens (primary N) is 3. The van der Waals surface area contributed by atoms with Crippen LogP contribution in [0.15, 0.2) is 54.6 Å². The summed E-state index contributed by atoms with van der Waals surface area (Å²) in [6.45, 7) is 1.66. The minimum absolute atomic E-state index is 0.0277. The molecule has 38 heavy (non-hydrogen) atoms. The van der Waals surface area contributed by atoms with E-state index in [4.69, 9.17) is 17.2 Å². The molecule has 1 saturated heterocycles. The van der Waals surface area contributed by atoms with E-state index in [1.807, 2.05) is 12.1 Å². The average molecular weight is 524 g/mol. The van der Waals surface area contributed by atoms with Crippen LogP contribution in [0.3, 0.4) is 0 Å². The Kier molecular flexibility index (Phi) is 9.00. The van der Waals surface area contributed by atoms with Gasteiger partial charge in [-0.05, 0) is 67.3 Å². The SMILES string of the molecule is Nc1ccc(N)c([N+](=O)[O-])c1.Nc1ccc(NC(=O)c2ccc(N3CCCCC3)cc2CO)cc1[N+](=O)[O-]. The molecule has 0 unspecified atom stereocenters. The van der Waals surface area contributed by atoms with Crippen molar-refractivity contribution in [1.82, 2.24) is 0 Å². The van der Waals surface area contributed by atoms with Crippen molar-refractivity contribution >= 4 is 45.7 Å². The van der Waals surface area contributed by atoms with Crippen molar-refractivity contribution in [3.05, 3.63) is 86.0 Å². The molecule has 1 aliphatic rings.